The average Bonchev–Trinajstić information content (AvgIpc) is 2.98. The molecule has 0 spiro atoms. The van der Waals surface area contributed by atoms with Gasteiger partial charge >= 0.3 is 5.97 Å². The van der Waals surface area contributed by atoms with Gasteiger partial charge in [0.1, 0.15) is 6.54 Å². The van der Waals surface area contributed by atoms with Gasteiger partial charge in [0.25, 0.3) is 5.91 Å². The third-order valence-corrected chi connectivity index (χ3v) is 5.56. The number of aromatic nitrogens is 1. The Labute approximate surface area is 174 Å². The van der Waals surface area contributed by atoms with Gasteiger partial charge in [-0.1, -0.05) is 17.4 Å². The number of benzene rings is 2. The lowest BCUT2D eigenvalue weighted by Crippen LogP contribution is -2.23. The second-order valence-corrected chi connectivity index (χ2v) is 8.07. The lowest BCUT2D eigenvalue weighted by molar-refractivity contribution is -0.143. The van der Waals surface area contributed by atoms with E-state index in [9.17, 15) is 9.59 Å². The van der Waals surface area contributed by atoms with Crippen LogP contribution in [0.3, 0.4) is 0 Å². The quantitative estimate of drug-likeness (QED) is 0.601. The van der Waals surface area contributed by atoms with E-state index in [0.29, 0.717) is 17.0 Å². The molecule has 1 heterocycles. The molecule has 0 unspecified atom stereocenters. The van der Waals surface area contributed by atoms with Crippen molar-refractivity contribution in [2.75, 3.05) is 25.6 Å². The second kappa shape index (κ2) is 8.61. The fourth-order valence-electron chi connectivity index (χ4n) is 3.21. The van der Waals surface area contributed by atoms with Crippen LogP contribution in [0.5, 0.6) is 0 Å². The van der Waals surface area contributed by atoms with Gasteiger partial charge in [-0.05, 0) is 62.2 Å². The first-order chi connectivity index (χ1) is 13.8. The number of aryl methyl sites for hydroxylation is 2. The highest BCUT2D eigenvalue weighted by atomic mass is 32.1. The van der Waals surface area contributed by atoms with Gasteiger partial charge in [-0.25, -0.2) is 0 Å². The third kappa shape index (κ3) is 4.56. The Morgan fingerprint density at radius 2 is 1.83 bits per heavy atom. The number of thiazole rings is 1. The zero-order chi connectivity index (χ0) is 21.1. The van der Waals surface area contributed by atoms with Gasteiger partial charge in [0.05, 0.1) is 16.8 Å². The molecule has 0 aliphatic carbocycles. The molecule has 0 saturated heterocycles. The highest BCUT2D eigenvalue weighted by Crippen LogP contribution is 2.23. The van der Waals surface area contributed by atoms with Gasteiger partial charge < -0.3 is 14.2 Å². The van der Waals surface area contributed by atoms with Crippen LogP contribution < -0.4 is 9.70 Å². The van der Waals surface area contributed by atoms with Crippen molar-refractivity contribution in [1.82, 2.24) is 4.57 Å². The van der Waals surface area contributed by atoms with Gasteiger partial charge in [-0.3, -0.25) is 9.59 Å². The molecular formula is C22H25N3O3S. The van der Waals surface area contributed by atoms with E-state index >= 15 is 0 Å². The van der Waals surface area contributed by atoms with Crippen LogP contribution in [0, 0.1) is 13.8 Å². The number of amides is 1. The minimum Gasteiger partial charge on any atom is -0.465 e. The predicted molar refractivity (Wildman–Crippen MR) is 117 cm³/mol. The molecule has 0 radical (unpaired) electrons. The summed E-state index contributed by atoms with van der Waals surface area (Å²) in [5, 5.41) is 0. The molecule has 0 fully saturated rings. The number of carbonyl (C=O) groups is 2. The van der Waals surface area contributed by atoms with Crippen molar-refractivity contribution in [2.45, 2.75) is 27.3 Å². The molecule has 152 valence electrons. The molecule has 1 amide bonds. The zero-order valence-electron chi connectivity index (χ0n) is 17.4. The standard InChI is InChI=1S/C22H25N3O3S/c1-6-28-19(26)13-25-20-15(3)11-14(2)12-18(20)29-22(25)23-21(27)16-7-9-17(10-8-16)24(4)5/h7-12H,6,13H2,1-5H3. The predicted octanol–water partition coefficient (Wildman–Crippen LogP) is 3.69. The van der Waals surface area contributed by atoms with Crippen LogP contribution in [0.1, 0.15) is 28.4 Å². The molecule has 0 bridgehead atoms. The van der Waals surface area contributed by atoms with Crippen LogP contribution in [0.15, 0.2) is 41.4 Å². The summed E-state index contributed by atoms with van der Waals surface area (Å²) in [5.41, 5.74) is 4.57. The van der Waals surface area contributed by atoms with Crippen LogP contribution in [0.25, 0.3) is 10.2 Å². The van der Waals surface area contributed by atoms with E-state index < -0.39 is 0 Å². The van der Waals surface area contributed by atoms with Gasteiger partial charge in [0.2, 0.25) is 0 Å². The van der Waals surface area contributed by atoms with Crippen LogP contribution in [0.2, 0.25) is 0 Å². The Morgan fingerprint density at radius 3 is 2.45 bits per heavy atom. The first-order valence-electron chi connectivity index (χ1n) is 9.42. The van der Waals surface area contributed by atoms with Crippen molar-refractivity contribution < 1.29 is 14.3 Å². The second-order valence-electron chi connectivity index (χ2n) is 7.06. The molecule has 29 heavy (non-hydrogen) atoms. The summed E-state index contributed by atoms with van der Waals surface area (Å²) >= 11 is 1.40. The van der Waals surface area contributed by atoms with Gasteiger partial charge in [0, 0.05) is 25.3 Å². The molecule has 2 aromatic carbocycles. The molecule has 7 heteroatoms. The van der Waals surface area contributed by atoms with Crippen LogP contribution >= 0.6 is 11.3 Å². The Kier molecular flexibility index (Phi) is 6.17. The minimum absolute atomic E-state index is 0.0173. The highest BCUT2D eigenvalue weighted by molar-refractivity contribution is 7.16. The first-order valence-corrected chi connectivity index (χ1v) is 10.2. The lowest BCUT2D eigenvalue weighted by Gasteiger charge is -2.11. The van der Waals surface area contributed by atoms with Crippen molar-refractivity contribution in [1.29, 1.82) is 0 Å². The number of hydrogen-bond acceptors (Lipinski definition) is 5. The smallest absolute Gasteiger partial charge is 0.326 e. The van der Waals surface area contributed by atoms with Crippen molar-refractivity contribution >= 4 is 39.1 Å². The number of ether oxygens (including phenoxy) is 1. The number of esters is 1. The summed E-state index contributed by atoms with van der Waals surface area (Å²) in [4.78, 5) is 31.8. The topological polar surface area (TPSA) is 63.9 Å². The molecule has 0 atom stereocenters. The van der Waals surface area contributed by atoms with Gasteiger partial charge in [0.15, 0.2) is 4.80 Å². The number of hydrogen-bond donors (Lipinski definition) is 0. The summed E-state index contributed by atoms with van der Waals surface area (Å²) in [5.74, 6) is -0.690. The minimum atomic E-state index is -0.351. The Hall–Kier alpha value is -2.93. The Morgan fingerprint density at radius 1 is 1.14 bits per heavy atom. The lowest BCUT2D eigenvalue weighted by atomic mass is 10.1. The maximum Gasteiger partial charge on any atom is 0.326 e. The maximum absolute atomic E-state index is 12.8. The highest BCUT2D eigenvalue weighted by Gasteiger charge is 2.15. The number of anilines is 1. The summed E-state index contributed by atoms with van der Waals surface area (Å²) in [6.45, 7) is 6.12. The monoisotopic (exact) mass is 411 g/mol. The van der Waals surface area contributed by atoms with Crippen LogP contribution in [0.4, 0.5) is 5.69 Å². The van der Waals surface area contributed by atoms with E-state index in [0.717, 1.165) is 27.0 Å². The maximum atomic E-state index is 12.8. The Balaban J connectivity index is 2.10. The summed E-state index contributed by atoms with van der Waals surface area (Å²) in [6, 6.07) is 11.4. The normalized spacial score (nSPS) is 11.7. The molecule has 6 nitrogen and oxygen atoms in total. The van der Waals surface area contributed by atoms with Crippen LogP contribution in [-0.4, -0.2) is 37.1 Å². The first kappa shape index (κ1) is 20.8. The van der Waals surface area contributed by atoms with E-state index in [1.54, 1.807) is 23.6 Å². The fraction of sp³-hybridized carbons (Fsp3) is 0.318. The Bertz CT molecular complexity index is 1120. The van der Waals surface area contributed by atoms with Crippen molar-refractivity contribution in [2.24, 2.45) is 4.99 Å². The average molecular weight is 412 g/mol. The van der Waals surface area contributed by atoms with Crippen LogP contribution in [-0.2, 0) is 16.1 Å². The van der Waals surface area contributed by atoms with Crippen molar-refractivity contribution in [3.63, 3.8) is 0 Å². The molecule has 0 aliphatic rings. The van der Waals surface area contributed by atoms with Gasteiger partial charge in [-0.15, -0.1) is 0 Å². The van der Waals surface area contributed by atoms with Gasteiger partial charge in [-0.2, -0.15) is 4.99 Å². The third-order valence-electron chi connectivity index (χ3n) is 4.53. The molecule has 3 aromatic rings. The fourth-order valence-corrected chi connectivity index (χ4v) is 4.42. The van der Waals surface area contributed by atoms with Crippen molar-refractivity contribution in [3.8, 4) is 0 Å². The molecule has 0 N–H and O–H groups in total. The van der Waals surface area contributed by atoms with E-state index in [2.05, 4.69) is 11.1 Å². The van der Waals surface area contributed by atoms with Crippen molar-refractivity contribution in [3.05, 3.63) is 57.9 Å². The number of carbonyl (C=O) groups excluding carboxylic acids is 2. The molecule has 1 aromatic heterocycles. The largest absolute Gasteiger partial charge is 0.465 e. The van der Waals surface area contributed by atoms with E-state index in [1.807, 2.05) is 51.0 Å². The number of fused-ring (bicyclic) bond motifs is 1. The zero-order valence-corrected chi connectivity index (χ0v) is 18.2. The van der Waals surface area contributed by atoms with E-state index in [4.69, 9.17) is 4.74 Å². The van der Waals surface area contributed by atoms with E-state index in [-0.39, 0.29) is 18.4 Å². The SMILES string of the molecule is CCOC(=O)Cn1c(=NC(=O)c2ccc(N(C)C)cc2)sc2cc(C)cc(C)c21. The summed E-state index contributed by atoms with van der Waals surface area (Å²) in [7, 11) is 3.89. The summed E-state index contributed by atoms with van der Waals surface area (Å²) < 4.78 is 7.89. The number of nitrogens with zero attached hydrogens (tertiary/aromatic N) is 3. The number of rotatable bonds is 5. The molecular weight excluding hydrogens is 386 g/mol. The molecule has 0 saturated carbocycles. The summed E-state index contributed by atoms with van der Waals surface area (Å²) in [6.07, 6.45) is 0. The molecule has 3 rings (SSSR count). The molecule has 0 aliphatic heterocycles. The van der Waals surface area contributed by atoms with E-state index in [1.165, 1.54) is 11.3 Å².